The Balaban J connectivity index is 2.04. The highest BCUT2D eigenvalue weighted by Crippen LogP contribution is 2.31. The molecule has 20 heavy (non-hydrogen) atoms. The van der Waals surface area contributed by atoms with Crippen LogP contribution in [0.1, 0.15) is 18.5 Å². The SMILES string of the molecule is OC1CCCN(c2nccn3nc(C(F)(F)F)cc23)C1. The van der Waals surface area contributed by atoms with Gasteiger partial charge in [0.15, 0.2) is 11.5 Å². The van der Waals surface area contributed by atoms with Gasteiger partial charge in [0.25, 0.3) is 0 Å². The van der Waals surface area contributed by atoms with E-state index in [4.69, 9.17) is 0 Å². The fourth-order valence-electron chi connectivity index (χ4n) is 2.44. The molecule has 0 aliphatic carbocycles. The molecule has 0 radical (unpaired) electrons. The summed E-state index contributed by atoms with van der Waals surface area (Å²) < 4.78 is 39.3. The van der Waals surface area contributed by atoms with Crippen molar-refractivity contribution in [1.29, 1.82) is 0 Å². The minimum atomic E-state index is -4.48. The van der Waals surface area contributed by atoms with Crippen molar-refractivity contribution in [1.82, 2.24) is 14.6 Å². The number of anilines is 1. The Morgan fingerprint density at radius 2 is 2.15 bits per heavy atom. The normalized spacial score (nSPS) is 20.6. The summed E-state index contributed by atoms with van der Waals surface area (Å²) in [5.74, 6) is 0.425. The van der Waals surface area contributed by atoms with Crippen molar-refractivity contribution >= 4 is 11.3 Å². The van der Waals surface area contributed by atoms with Gasteiger partial charge in [-0.2, -0.15) is 18.3 Å². The zero-order valence-corrected chi connectivity index (χ0v) is 10.5. The van der Waals surface area contributed by atoms with Crippen LogP contribution in [0.5, 0.6) is 0 Å². The van der Waals surface area contributed by atoms with Crippen molar-refractivity contribution in [3.8, 4) is 0 Å². The fourth-order valence-corrected chi connectivity index (χ4v) is 2.44. The van der Waals surface area contributed by atoms with E-state index in [1.54, 1.807) is 4.90 Å². The van der Waals surface area contributed by atoms with Crippen LogP contribution in [0.15, 0.2) is 18.5 Å². The van der Waals surface area contributed by atoms with Crippen molar-refractivity contribution in [2.75, 3.05) is 18.0 Å². The van der Waals surface area contributed by atoms with Gasteiger partial charge < -0.3 is 10.0 Å². The molecule has 0 aromatic carbocycles. The standard InChI is InChI=1S/C12H13F3N4O/c13-12(14,15)10-6-9-11(16-3-5-19(9)17-10)18-4-1-2-8(20)7-18/h3,5-6,8,20H,1-2,4,7H2. The van der Waals surface area contributed by atoms with Crippen LogP contribution in [-0.4, -0.2) is 38.9 Å². The molecule has 108 valence electrons. The first-order chi connectivity index (χ1) is 9.45. The second-order valence-electron chi connectivity index (χ2n) is 4.85. The topological polar surface area (TPSA) is 53.7 Å². The van der Waals surface area contributed by atoms with Gasteiger partial charge in [0.05, 0.1) is 6.10 Å². The lowest BCUT2D eigenvalue weighted by Gasteiger charge is -2.31. The van der Waals surface area contributed by atoms with Crippen molar-refractivity contribution < 1.29 is 18.3 Å². The Labute approximate surface area is 112 Å². The minimum Gasteiger partial charge on any atom is -0.391 e. The molecule has 2 aromatic heterocycles. The maximum absolute atomic E-state index is 12.7. The summed E-state index contributed by atoms with van der Waals surface area (Å²) >= 11 is 0. The molecule has 1 atom stereocenters. The first-order valence-corrected chi connectivity index (χ1v) is 6.30. The number of hydrogen-bond acceptors (Lipinski definition) is 4. The lowest BCUT2D eigenvalue weighted by Crippen LogP contribution is -2.38. The predicted octanol–water partition coefficient (Wildman–Crippen LogP) is 1.71. The molecule has 0 bridgehead atoms. The Bertz CT molecular complexity index is 625. The predicted molar refractivity (Wildman–Crippen MR) is 65.4 cm³/mol. The monoisotopic (exact) mass is 286 g/mol. The molecule has 2 aromatic rings. The van der Waals surface area contributed by atoms with Gasteiger partial charge in [-0.05, 0) is 12.8 Å². The lowest BCUT2D eigenvalue weighted by molar-refractivity contribution is -0.141. The van der Waals surface area contributed by atoms with Crippen molar-refractivity contribution in [2.45, 2.75) is 25.1 Å². The van der Waals surface area contributed by atoms with Crippen LogP contribution in [-0.2, 0) is 6.18 Å². The molecule has 1 aliphatic heterocycles. The second kappa shape index (κ2) is 4.62. The molecular formula is C12H13F3N4O. The number of hydrogen-bond donors (Lipinski definition) is 1. The van der Waals surface area contributed by atoms with E-state index >= 15 is 0 Å². The molecule has 1 fully saturated rings. The van der Waals surface area contributed by atoms with Gasteiger partial charge in [-0.3, -0.25) is 0 Å². The summed E-state index contributed by atoms with van der Waals surface area (Å²) in [6, 6.07) is 0.989. The summed E-state index contributed by atoms with van der Waals surface area (Å²) in [6.07, 6.45) is -0.678. The first kappa shape index (κ1) is 13.2. The molecule has 0 saturated carbocycles. The molecule has 3 rings (SSSR count). The van der Waals surface area contributed by atoms with E-state index in [0.717, 1.165) is 12.5 Å². The summed E-state index contributed by atoms with van der Waals surface area (Å²) in [4.78, 5) is 5.94. The molecular weight excluding hydrogens is 273 g/mol. The Morgan fingerprint density at radius 3 is 2.85 bits per heavy atom. The zero-order valence-electron chi connectivity index (χ0n) is 10.5. The van der Waals surface area contributed by atoms with E-state index in [1.807, 2.05) is 0 Å². The molecule has 5 nitrogen and oxygen atoms in total. The summed E-state index contributed by atoms with van der Waals surface area (Å²) in [5.41, 5.74) is -0.641. The number of fused-ring (bicyclic) bond motifs is 1. The highest BCUT2D eigenvalue weighted by Gasteiger charge is 2.35. The third kappa shape index (κ3) is 2.31. The van der Waals surface area contributed by atoms with Crippen LogP contribution in [0.25, 0.3) is 5.52 Å². The van der Waals surface area contributed by atoms with Crippen molar-refractivity contribution in [2.24, 2.45) is 0 Å². The summed E-state index contributed by atoms with van der Waals surface area (Å²) in [5, 5.41) is 13.2. The van der Waals surface area contributed by atoms with Gasteiger partial charge >= 0.3 is 6.18 Å². The van der Waals surface area contributed by atoms with Crippen LogP contribution < -0.4 is 4.90 Å². The third-order valence-electron chi connectivity index (χ3n) is 3.36. The van der Waals surface area contributed by atoms with E-state index in [1.165, 1.54) is 16.9 Å². The molecule has 1 unspecified atom stereocenters. The van der Waals surface area contributed by atoms with Crippen LogP contribution in [0, 0.1) is 0 Å². The average Bonchev–Trinajstić information content (AvgIpc) is 2.82. The summed E-state index contributed by atoms with van der Waals surface area (Å²) in [6.45, 7) is 1.04. The van der Waals surface area contributed by atoms with Gasteiger partial charge in [-0.1, -0.05) is 0 Å². The molecule has 1 saturated heterocycles. The molecule has 8 heteroatoms. The number of alkyl halides is 3. The van der Waals surface area contributed by atoms with E-state index < -0.39 is 18.0 Å². The number of piperidine rings is 1. The number of aromatic nitrogens is 3. The van der Waals surface area contributed by atoms with Gasteiger partial charge in [-0.15, -0.1) is 0 Å². The molecule has 0 spiro atoms. The maximum atomic E-state index is 12.7. The molecule has 1 N–H and O–H groups in total. The van der Waals surface area contributed by atoms with Gasteiger partial charge in [0.2, 0.25) is 0 Å². The molecule has 1 aliphatic rings. The fraction of sp³-hybridized carbons (Fsp3) is 0.500. The number of rotatable bonds is 1. The number of halogens is 3. The Morgan fingerprint density at radius 1 is 1.35 bits per heavy atom. The van der Waals surface area contributed by atoms with Crippen LogP contribution in [0.3, 0.4) is 0 Å². The minimum absolute atomic E-state index is 0.300. The van der Waals surface area contributed by atoms with Crippen molar-refractivity contribution in [3.63, 3.8) is 0 Å². The Hall–Kier alpha value is -1.83. The van der Waals surface area contributed by atoms with E-state index in [0.29, 0.717) is 30.8 Å². The van der Waals surface area contributed by atoms with Crippen LogP contribution in [0.4, 0.5) is 19.0 Å². The van der Waals surface area contributed by atoms with Crippen LogP contribution in [0.2, 0.25) is 0 Å². The van der Waals surface area contributed by atoms with Gasteiger partial charge in [-0.25, -0.2) is 9.50 Å². The molecule has 0 amide bonds. The number of aliphatic hydroxyl groups is 1. The van der Waals surface area contributed by atoms with E-state index in [-0.39, 0.29) is 0 Å². The smallest absolute Gasteiger partial charge is 0.391 e. The largest absolute Gasteiger partial charge is 0.435 e. The second-order valence-corrected chi connectivity index (χ2v) is 4.85. The number of nitrogens with zero attached hydrogens (tertiary/aromatic N) is 4. The highest BCUT2D eigenvalue weighted by atomic mass is 19.4. The van der Waals surface area contributed by atoms with Crippen molar-refractivity contribution in [3.05, 3.63) is 24.2 Å². The average molecular weight is 286 g/mol. The quantitative estimate of drug-likeness (QED) is 0.867. The lowest BCUT2D eigenvalue weighted by atomic mass is 10.1. The number of aliphatic hydroxyl groups excluding tert-OH is 1. The number of β-amino-alcohol motifs (C(OH)–C–C–N with tert-alkyl or cyclic N) is 1. The zero-order chi connectivity index (χ0) is 14.3. The maximum Gasteiger partial charge on any atom is 0.435 e. The summed E-state index contributed by atoms with van der Waals surface area (Å²) in [7, 11) is 0. The third-order valence-corrected chi connectivity index (χ3v) is 3.36. The van der Waals surface area contributed by atoms with E-state index in [2.05, 4.69) is 10.1 Å². The first-order valence-electron chi connectivity index (χ1n) is 6.30. The van der Waals surface area contributed by atoms with Gasteiger partial charge in [0.1, 0.15) is 5.52 Å². The highest BCUT2D eigenvalue weighted by molar-refractivity contribution is 5.69. The molecule has 3 heterocycles. The van der Waals surface area contributed by atoms with Gasteiger partial charge in [0, 0.05) is 31.5 Å². The Kier molecular flexibility index (Phi) is 3.04. The van der Waals surface area contributed by atoms with Crippen LogP contribution >= 0.6 is 0 Å². The van der Waals surface area contributed by atoms with E-state index in [9.17, 15) is 18.3 Å².